The molecule has 1 fully saturated rings. The molecule has 0 atom stereocenters. The lowest BCUT2D eigenvalue weighted by Gasteiger charge is -2.24. The van der Waals surface area contributed by atoms with Crippen LogP contribution in [0.3, 0.4) is 0 Å². The van der Waals surface area contributed by atoms with E-state index in [1.165, 1.54) is 11.8 Å². The van der Waals surface area contributed by atoms with Gasteiger partial charge >= 0.3 is 11.9 Å². The van der Waals surface area contributed by atoms with Gasteiger partial charge in [0.25, 0.3) is 0 Å². The van der Waals surface area contributed by atoms with Gasteiger partial charge in [-0.2, -0.15) is 0 Å². The molecule has 0 bridgehead atoms. The summed E-state index contributed by atoms with van der Waals surface area (Å²) in [4.78, 5) is 20.9. The van der Waals surface area contributed by atoms with Crippen molar-refractivity contribution >= 4 is 23.7 Å². The van der Waals surface area contributed by atoms with E-state index in [2.05, 4.69) is 0 Å². The summed E-state index contributed by atoms with van der Waals surface area (Å²) in [6.45, 7) is 0. The highest BCUT2D eigenvalue weighted by molar-refractivity contribution is 8.00. The maximum atomic E-state index is 10.6. The van der Waals surface area contributed by atoms with Crippen molar-refractivity contribution in [3.8, 4) is 0 Å². The van der Waals surface area contributed by atoms with Gasteiger partial charge in [-0.25, -0.2) is 0 Å². The molecule has 0 aromatic heterocycles. The van der Waals surface area contributed by atoms with Gasteiger partial charge in [0, 0.05) is 5.25 Å². The van der Waals surface area contributed by atoms with Gasteiger partial charge in [0.1, 0.15) is 0 Å². The standard InChI is InChI=1S/C9H14O4S/c10-8(11)5-14-7-3-1-6(2-4-7)9(12)13/h6-7H,1-5H2,(H,10,11)(H,12,13). The SMILES string of the molecule is O=C(O)CSC1CCC(C(=O)O)CC1. The molecule has 14 heavy (non-hydrogen) atoms. The topological polar surface area (TPSA) is 74.6 Å². The Labute approximate surface area is 86.7 Å². The number of thioether (sulfide) groups is 1. The fourth-order valence-corrected chi connectivity index (χ4v) is 2.65. The van der Waals surface area contributed by atoms with Crippen LogP contribution in [0.25, 0.3) is 0 Å². The van der Waals surface area contributed by atoms with Crippen molar-refractivity contribution in [3.05, 3.63) is 0 Å². The van der Waals surface area contributed by atoms with Crippen LogP contribution < -0.4 is 0 Å². The number of hydrogen-bond donors (Lipinski definition) is 2. The van der Waals surface area contributed by atoms with E-state index < -0.39 is 11.9 Å². The first kappa shape index (κ1) is 11.4. The van der Waals surface area contributed by atoms with E-state index in [1.54, 1.807) is 0 Å². The summed E-state index contributed by atoms with van der Waals surface area (Å²) in [6.07, 6.45) is 3.03. The third kappa shape index (κ3) is 3.57. The Morgan fingerprint density at radius 1 is 1.14 bits per heavy atom. The average Bonchev–Trinajstić information content (AvgIpc) is 2.15. The second-order valence-electron chi connectivity index (χ2n) is 3.52. The van der Waals surface area contributed by atoms with Crippen LogP contribution in [0.4, 0.5) is 0 Å². The summed E-state index contributed by atoms with van der Waals surface area (Å²) >= 11 is 1.43. The van der Waals surface area contributed by atoms with Crippen LogP contribution in [-0.2, 0) is 9.59 Å². The zero-order valence-corrected chi connectivity index (χ0v) is 8.63. The second kappa shape index (κ2) is 5.24. The zero-order chi connectivity index (χ0) is 10.6. The summed E-state index contributed by atoms with van der Waals surface area (Å²) in [6, 6.07) is 0. The molecule has 0 aliphatic heterocycles. The van der Waals surface area contributed by atoms with Gasteiger partial charge in [-0.05, 0) is 25.7 Å². The lowest BCUT2D eigenvalue weighted by Crippen LogP contribution is -2.23. The third-order valence-corrected chi connectivity index (χ3v) is 3.82. The summed E-state index contributed by atoms with van der Waals surface area (Å²) in [5.41, 5.74) is 0. The predicted octanol–water partition coefficient (Wildman–Crippen LogP) is 1.45. The number of carbonyl (C=O) groups is 2. The molecule has 0 unspecified atom stereocenters. The largest absolute Gasteiger partial charge is 0.481 e. The molecule has 4 nitrogen and oxygen atoms in total. The van der Waals surface area contributed by atoms with Crippen molar-refractivity contribution in [1.29, 1.82) is 0 Å². The van der Waals surface area contributed by atoms with Gasteiger partial charge in [-0.15, -0.1) is 11.8 Å². The van der Waals surface area contributed by atoms with Crippen molar-refractivity contribution < 1.29 is 19.8 Å². The highest BCUT2D eigenvalue weighted by atomic mass is 32.2. The summed E-state index contributed by atoms with van der Waals surface area (Å²) < 4.78 is 0. The molecule has 0 aromatic carbocycles. The predicted molar refractivity (Wildman–Crippen MR) is 53.5 cm³/mol. The van der Waals surface area contributed by atoms with E-state index in [1.807, 2.05) is 0 Å². The first-order valence-electron chi connectivity index (χ1n) is 4.66. The Morgan fingerprint density at radius 2 is 1.71 bits per heavy atom. The molecule has 0 spiro atoms. The molecule has 5 heteroatoms. The first-order valence-corrected chi connectivity index (χ1v) is 5.70. The molecule has 0 aromatic rings. The normalized spacial score (nSPS) is 27.1. The Morgan fingerprint density at radius 3 is 2.14 bits per heavy atom. The number of aliphatic carboxylic acids is 2. The number of rotatable bonds is 4. The molecule has 1 rings (SSSR count). The minimum atomic E-state index is -0.796. The summed E-state index contributed by atoms with van der Waals surface area (Å²) in [7, 11) is 0. The molecular formula is C9H14O4S. The van der Waals surface area contributed by atoms with Crippen LogP contribution in [0.2, 0.25) is 0 Å². The van der Waals surface area contributed by atoms with Crippen LogP contribution in [0.5, 0.6) is 0 Å². The molecule has 1 aliphatic rings. The van der Waals surface area contributed by atoms with Gasteiger partial charge in [-0.3, -0.25) is 9.59 Å². The van der Waals surface area contributed by atoms with E-state index in [0.717, 1.165) is 12.8 Å². The third-order valence-electron chi connectivity index (χ3n) is 2.47. The fraction of sp³-hybridized carbons (Fsp3) is 0.778. The molecule has 80 valence electrons. The van der Waals surface area contributed by atoms with Crippen molar-refractivity contribution in [2.75, 3.05) is 5.75 Å². The number of hydrogen-bond acceptors (Lipinski definition) is 3. The number of carboxylic acids is 2. The Kier molecular flexibility index (Phi) is 4.25. The summed E-state index contributed by atoms with van der Waals surface area (Å²) in [5.74, 6) is -1.60. The van der Waals surface area contributed by atoms with Crippen LogP contribution >= 0.6 is 11.8 Å². The van der Waals surface area contributed by atoms with Crippen molar-refractivity contribution in [2.45, 2.75) is 30.9 Å². The van der Waals surface area contributed by atoms with Crippen LogP contribution in [0.1, 0.15) is 25.7 Å². The lowest BCUT2D eigenvalue weighted by atomic mass is 9.89. The number of carboxylic acid groups (broad SMARTS) is 2. The molecule has 0 amide bonds. The molecule has 0 radical (unpaired) electrons. The summed E-state index contributed by atoms with van der Waals surface area (Å²) in [5, 5.41) is 17.5. The van der Waals surface area contributed by atoms with Gasteiger partial charge in [0.05, 0.1) is 11.7 Å². The minimum absolute atomic E-state index is 0.127. The smallest absolute Gasteiger partial charge is 0.313 e. The molecule has 2 N–H and O–H groups in total. The van der Waals surface area contributed by atoms with Crippen molar-refractivity contribution in [1.82, 2.24) is 0 Å². The maximum Gasteiger partial charge on any atom is 0.313 e. The van der Waals surface area contributed by atoms with Crippen LogP contribution in [-0.4, -0.2) is 33.2 Å². The Bertz CT molecular complexity index is 221. The molecule has 0 saturated heterocycles. The Hall–Kier alpha value is -0.710. The molecule has 1 aliphatic carbocycles. The van der Waals surface area contributed by atoms with E-state index in [9.17, 15) is 9.59 Å². The van der Waals surface area contributed by atoms with E-state index in [0.29, 0.717) is 18.1 Å². The van der Waals surface area contributed by atoms with E-state index in [4.69, 9.17) is 10.2 Å². The zero-order valence-electron chi connectivity index (χ0n) is 7.81. The van der Waals surface area contributed by atoms with Gasteiger partial charge in [0.2, 0.25) is 0 Å². The average molecular weight is 218 g/mol. The van der Waals surface area contributed by atoms with Crippen LogP contribution in [0.15, 0.2) is 0 Å². The van der Waals surface area contributed by atoms with Crippen molar-refractivity contribution in [3.63, 3.8) is 0 Å². The monoisotopic (exact) mass is 218 g/mol. The quantitative estimate of drug-likeness (QED) is 0.747. The maximum absolute atomic E-state index is 10.6. The second-order valence-corrected chi connectivity index (χ2v) is 4.81. The van der Waals surface area contributed by atoms with Crippen LogP contribution in [0, 0.1) is 5.92 Å². The first-order chi connectivity index (χ1) is 6.59. The highest BCUT2D eigenvalue weighted by Gasteiger charge is 2.26. The van der Waals surface area contributed by atoms with Gasteiger partial charge < -0.3 is 10.2 Å². The van der Waals surface area contributed by atoms with E-state index in [-0.39, 0.29) is 11.7 Å². The molecular weight excluding hydrogens is 204 g/mol. The molecule has 0 heterocycles. The highest BCUT2D eigenvalue weighted by Crippen LogP contribution is 2.31. The molecule has 1 saturated carbocycles. The Balaban J connectivity index is 2.22. The van der Waals surface area contributed by atoms with Crippen molar-refractivity contribution in [2.24, 2.45) is 5.92 Å². The minimum Gasteiger partial charge on any atom is -0.481 e. The fourth-order valence-electron chi connectivity index (χ4n) is 1.67. The van der Waals surface area contributed by atoms with Gasteiger partial charge in [-0.1, -0.05) is 0 Å². The van der Waals surface area contributed by atoms with E-state index >= 15 is 0 Å². The lowest BCUT2D eigenvalue weighted by molar-refractivity contribution is -0.142. The van der Waals surface area contributed by atoms with Gasteiger partial charge in [0.15, 0.2) is 0 Å².